The van der Waals surface area contributed by atoms with Gasteiger partial charge in [0.15, 0.2) is 0 Å². The number of aliphatic hydroxyl groups is 1. The summed E-state index contributed by atoms with van der Waals surface area (Å²) in [6.07, 6.45) is 9.96. The van der Waals surface area contributed by atoms with Crippen LogP contribution < -0.4 is 5.32 Å². The Bertz CT molecular complexity index is 1030. The van der Waals surface area contributed by atoms with Crippen molar-refractivity contribution >= 4 is 17.8 Å². The standard InChI is InChI=1S/C36H61NO6/c1-10-34(6,7)32(41)42-24-15-17-35(8)23(19-24)20-28(38)31-26-13-12-25(36(26,9)18-16-27(31)35)22(2)11-14-29(39)37-21-30(40)43-33(3,4)5/h22-28,31,38H,10-21H2,1-9H3,(H,37,39). The van der Waals surface area contributed by atoms with Gasteiger partial charge < -0.3 is 19.9 Å². The molecule has 0 bridgehead atoms. The van der Waals surface area contributed by atoms with E-state index in [-0.39, 0.29) is 41.5 Å². The Morgan fingerprint density at radius 3 is 2.26 bits per heavy atom. The van der Waals surface area contributed by atoms with Crippen LogP contribution in [0, 0.1) is 51.8 Å². The highest BCUT2D eigenvalue weighted by Gasteiger charge is 2.63. The largest absolute Gasteiger partial charge is 0.462 e. The van der Waals surface area contributed by atoms with Gasteiger partial charge in [0.2, 0.25) is 5.91 Å². The lowest BCUT2D eigenvalue weighted by Gasteiger charge is -2.62. The molecule has 7 nitrogen and oxygen atoms in total. The molecule has 0 aromatic rings. The maximum atomic E-state index is 12.8. The van der Waals surface area contributed by atoms with Gasteiger partial charge in [-0.1, -0.05) is 27.7 Å². The van der Waals surface area contributed by atoms with Crippen molar-refractivity contribution in [3.8, 4) is 0 Å². The van der Waals surface area contributed by atoms with Crippen LogP contribution >= 0.6 is 0 Å². The van der Waals surface area contributed by atoms with Gasteiger partial charge in [-0.15, -0.1) is 0 Å². The Morgan fingerprint density at radius 1 is 0.953 bits per heavy atom. The molecule has 4 fully saturated rings. The Hall–Kier alpha value is -1.63. The zero-order chi connectivity index (χ0) is 32.0. The van der Waals surface area contributed by atoms with Gasteiger partial charge in [-0.05, 0) is 145 Å². The topological polar surface area (TPSA) is 102 Å². The summed E-state index contributed by atoms with van der Waals surface area (Å²) in [7, 11) is 0. The molecule has 4 rings (SSSR count). The minimum Gasteiger partial charge on any atom is -0.462 e. The van der Waals surface area contributed by atoms with E-state index in [2.05, 4.69) is 26.1 Å². The summed E-state index contributed by atoms with van der Waals surface area (Å²) < 4.78 is 11.4. The first-order valence-corrected chi connectivity index (χ1v) is 17.3. The molecule has 246 valence electrons. The van der Waals surface area contributed by atoms with Crippen LogP contribution in [0.4, 0.5) is 0 Å². The third-order valence-electron chi connectivity index (χ3n) is 12.8. The number of nitrogens with one attached hydrogen (secondary N) is 1. The van der Waals surface area contributed by atoms with Gasteiger partial charge in [0.1, 0.15) is 18.2 Å². The zero-order valence-corrected chi connectivity index (χ0v) is 28.6. The predicted octanol–water partition coefficient (Wildman–Crippen LogP) is 6.84. The van der Waals surface area contributed by atoms with Gasteiger partial charge in [0, 0.05) is 6.42 Å². The molecule has 10 unspecified atom stereocenters. The summed E-state index contributed by atoms with van der Waals surface area (Å²) in [6, 6.07) is 0. The van der Waals surface area contributed by atoms with Crippen LogP contribution in [0.2, 0.25) is 0 Å². The molecule has 4 aliphatic carbocycles. The minimum atomic E-state index is -0.562. The number of ether oxygens (including phenoxy) is 2. The molecular formula is C36H61NO6. The highest BCUT2D eigenvalue weighted by molar-refractivity contribution is 5.82. The molecule has 0 aliphatic heterocycles. The molecule has 7 heteroatoms. The molecule has 0 saturated heterocycles. The average molecular weight is 604 g/mol. The number of carbonyl (C=O) groups is 3. The minimum absolute atomic E-state index is 0.0351. The van der Waals surface area contributed by atoms with Crippen molar-refractivity contribution in [3.63, 3.8) is 0 Å². The summed E-state index contributed by atoms with van der Waals surface area (Å²) in [5.74, 6) is 2.08. The highest BCUT2D eigenvalue weighted by Crippen LogP contribution is 2.68. The van der Waals surface area contributed by atoms with Gasteiger partial charge in [-0.3, -0.25) is 14.4 Å². The molecule has 2 N–H and O–H groups in total. The number of esters is 2. The zero-order valence-electron chi connectivity index (χ0n) is 28.6. The van der Waals surface area contributed by atoms with Crippen molar-refractivity contribution in [2.24, 2.45) is 51.8 Å². The van der Waals surface area contributed by atoms with E-state index < -0.39 is 17.0 Å². The summed E-state index contributed by atoms with van der Waals surface area (Å²) >= 11 is 0. The van der Waals surface area contributed by atoms with Gasteiger partial charge >= 0.3 is 11.9 Å². The normalized spacial score (nSPS) is 38.2. The average Bonchev–Trinajstić information content (AvgIpc) is 3.27. The lowest BCUT2D eigenvalue weighted by Crippen LogP contribution is -2.59. The molecule has 0 aromatic heterocycles. The highest BCUT2D eigenvalue weighted by atomic mass is 16.6. The molecule has 0 aromatic carbocycles. The Kier molecular flexibility index (Phi) is 10.1. The Morgan fingerprint density at radius 2 is 1.60 bits per heavy atom. The molecule has 1 amide bonds. The molecule has 4 saturated carbocycles. The van der Waals surface area contributed by atoms with E-state index in [1.807, 2.05) is 41.5 Å². The van der Waals surface area contributed by atoms with Crippen LogP contribution in [0.1, 0.15) is 133 Å². The lowest BCUT2D eigenvalue weighted by atomic mass is 9.43. The molecular weight excluding hydrogens is 542 g/mol. The fourth-order valence-corrected chi connectivity index (χ4v) is 9.92. The van der Waals surface area contributed by atoms with E-state index in [1.165, 1.54) is 6.42 Å². The molecule has 10 atom stereocenters. The SMILES string of the molecule is CCC(C)(C)C(=O)OC1CCC2(C)C(C1)CC(O)C1C2CCC2(C)C(C(C)CCC(=O)NCC(=O)OC(C)(C)C)CCC12. The van der Waals surface area contributed by atoms with Gasteiger partial charge in [-0.2, -0.15) is 0 Å². The van der Waals surface area contributed by atoms with Gasteiger partial charge in [0.05, 0.1) is 11.5 Å². The fourth-order valence-electron chi connectivity index (χ4n) is 9.92. The molecule has 0 spiro atoms. The smallest absolute Gasteiger partial charge is 0.325 e. The number of carbonyl (C=O) groups excluding carboxylic acids is 3. The third-order valence-corrected chi connectivity index (χ3v) is 12.8. The number of fused-ring (bicyclic) bond motifs is 5. The van der Waals surface area contributed by atoms with Crippen molar-refractivity contribution in [1.82, 2.24) is 5.32 Å². The van der Waals surface area contributed by atoms with E-state index in [0.29, 0.717) is 41.9 Å². The van der Waals surface area contributed by atoms with Crippen LogP contribution in [0.5, 0.6) is 0 Å². The van der Waals surface area contributed by atoms with E-state index in [9.17, 15) is 19.5 Å². The first-order chi connectivity index (χ1) is 19.9. The Balaban J connectivity index is 1.35. The van der Waals surface area contributed by atoms with Gasteiger partial charge in [0.25, 0.3) is 0 Å². The van der Waals surface area contributed by atoms with Crippen LogP contribution in [-0.2, 0) is 23.9 Å². The lowest BCUT2D eigenvalue weighted by molar-refractivity contribution is -0.186. The number of aliphatic hydroxyl groups excluding tert-OH is 1. The summed E-state index contributed by atoms with van der Waals surface area (Å²) in [4.78, 5) is 37.4. The van der Waals surface area contributed by atoms with Crippen LogP contribution in [0.3, 0.4) is 0 Å². The first kappa shape index (κ1) is 34.2. The van der Waals surface area contributed by atoms with Crippen molar-refractivity contribution in [3.05, 3.63) is 0 Å². The van der Waals surface area contributed by atoms with Crippen molar-refractivity contribution in [1.29, 1.82) is 0 Å². The molecule has 0 radical (unpaired) electrons. The summed E-state index contributed by atoms with van der Waals surface area (Å²) in [5, 5.41) is 14.5. The quantitative estimate of drug-likeness (QED) is 0.280. The number of rotatable bonds is 9. The van der Waals surface area contributed by atoms with Crippen LogP contribution in [-0.4, -0.2) is 47.3 Å². The Labute approximate surface area is 261 Å². The van der Waals surface area contributed by atoms with Crippen molar-refractivity contribution in [2.75, 3.05) is 6.54 Å². The maximum absolute atomic E-state index is 12.8. The first-order valence-electron chi connectivity index (χ1n) is 17.3. The maximum Gasteiger partial charge on any atom is 0.325 e. The second kappa shape index (κ2) is 12.6. The van der Waals surface area contributed by atoms with Crippen molar-refractivity contribution < 1.29 is 29.0 Å². The summed E-state index contributed by atoms with van der Waals surface area (Å²) in [5.41, 5.74) is -0.652. The van der Waals surface area contributed by atoms with E-state index in [1.54, 1.807) is 0 Å². The number of amides is 1. The van der Waals surface area contributed by atoms with Crippen LogP contribution in [0.15, 0.2) is 0 Å². The summed E-state index contributed by atoms with van der Waals surface area (Å²) in [6.45, 7) is 18.6. The monoisotopic (exact) mass is 603 g/mol. The molecule has 0 heterocycles. The third kappa shape index (κ3) is 7.12. The molecule has 4 aliphatic rings. The second-order valence-corrected chi connectivity index (χ2v) is 16.9. The van der Waals surface area contributed by atoms with E-state index in [0.717, 1.165) is 57.8 Å². The molecule has 43 heavy (non-hydrogen) atoms. The fraction of sp³-hybridized carbons (Fsp3) is 0.917. The van der Waals surface area contributed by atoms with E-state index in [4.69, 9.17) is 9.47 Å². The number of hydrogen-bond donors (Lipinski definition) is 2. The van der Waals surface area contributed by atoms with E-state index >= 15 is 0 Å². The van der Waals surface area contributed by atoms with Crippen molar-refractivity contribution in [2.45, 2.75) is 151 Å². The number of hydrogen-bond acceptors (Lipinski definition) is 6. The van der Waals surface area contributed by atoms with Gasteiger partial charge in [-0.25, -0.2) is 0 Å². The second-order valence-electron chi connectivity index (χ2n) is 16.9. The predicted molar refractivity (Wildman–Crippen MR) is 168 cm³/mol. The van der Waals surface area contributed by atoms with Crippen LogP contribution in [0.25, 0.3) is 0 Å².